The van der Waals surface area contributed by atoms with Gasteiger partial charge in [0.05, 0.1) is 5.02 Å². The van der Waals surface area contributed by atoms with Crippen LogP contribution in [0.4, 0.5) is 0 Å². The van der Waals surface area contributed by atoms with Crippen LogP contribution in [0.25, 0.3) is 0 Å². The molecule has 1 N–H and O–H groups in total. The second-order valence-corrected chi connectivity index (χ2v) is 6.92. The number of hydrogen-bond donors (Lipinski definition) is 1. The first-order valence-electron chi connectivity index (χ1n) is 7.07. The van der Waals surface area contributed by atoms with Crippen molar-refractivity contribution in [2.75, 3.05) is 18.1 Å². The van der Waals surface area contributed by atoms with Gasteiger partial charge >= 0.3 is 0 Å². The lowest BCUT2D eigenvalue weighted by Gasteiger charge is -2.15. The van der Waals surface area contributed by atoms with Crippen LogP contribution in [0.2, 0.25) is 5.02 Å². The Balaban J connectivity index is 1.63. The van der Waals surface area contributed by atoms with E-state index in [1.807, 2.05) is 17.8 Å². The molecule has 2 fully saturated rings. The second-order valence-electron chi connectivity index (χ2n) is 5.37. The maximum absolute atomic E-state index is 6.34. The fourth-order valence-corrected chi connectivity index (χ4v) is 4.11. The highest BCUT2D eigenvalue weighted by Gasteiger charge is 2.19. The summed E-state index contributed by atoms with van der Waals surface area (Å²) in [5, 5.41) is 4.28. The van der Waals surface area contributed by atoms with E-state index < -0.39 is 0 Å². The number of rotatable bonds is 4. The summed E-state index contributed by atoms with van der Waals surface area (Å²) in [6.45, 7) is 1.15. The number of benzene rings is 1. The maximum atomic E-state index is 6.34. The van der Waals surface area contributed by atoms with E-state index in [1.165, 1.54) is 24.2 Å². The van der Waals surface area contributed by atoms with Gasteiger partial charge in [-0.05, 0) is 55.7 Å². The lowest BCUT2D eigenvalue weighted by molar-refractivity contribution is 0.229. The zero-order valence-electron chi connectivity index (χ0n) is 11.0. The Morgan fingerprint density at radius 3 is 3.00 bits per heavy atom. The minimum Gasteiger partial charge on any atom is -0.488 e. The number of nitrogens with one attached hydrogen (secondary N) is 1. The van der Waals surface area contributed by atoms with E-state index in [1.54, 1.807) is 0 Å². The molecule has 0 aromatic heterocycles. The molecule has 2 unspecified atom stereocenters. The molecule has 0 aliphatic carbocycles. The van der Waals surface area contributed by atoms with Crippen LogP contribution in [0.3, 0.4) is 0 Å². The van der Waals surface area contributed by atoms with Gasteiger partial charge in [0.25, 0.3) is 0 Å². The van der Waals surface area contributed by atoms with Crippen LogP contribution >= 0.6 is 23.4 Å². The lowest BCUT2D eigenvalue weighted by atomic mass is 10.0. The molecular weight excluding hydrogens is 278 g/mol. The second kappa shape index (κ2) is 6.38. The molecule has 0 radical (unpaired) electrons. The van der Waals surface area contributed by atoms with Crippen molar-refractivity contribution in [3.8, 4) is 5.75 Å². The Hall–Kier alpha value is -0.380. The zero-order valence-corrected chi connectivity index (χ0v) is 12.6. The quantitative estimate of drug-likeness (QED) is 0.919. The molecule has 2 aliphatic rings. The lowest BCUT2D eigenvalue weighted by Crippen LogP contribution is -2.23. The predicted octanol–water partition coefficient (Wildman–Crippen LogP) is 3.52. The highest BCUT2D eigenvalue weighted by molar-refractivity contribution is 7.99. The Bertz CT molecular complexity index is 428. The first-order chi connectivity index (χ1) is 9.31. The largest absolute Gasteiger partial charge is 0.488 e. The third-order valence-corrected chi connectivity index (χ3v) is 5.25. The van der Waals surface area contributed by atoms with E-state index in [0.717, 1.165) is 35.9 Å². The van der Waals surface area contributed by atoms with Gasteiger partial charge in [-0.15, -0.1) is 0 Å². The summed E-state index contributed by atoms with van der Waals surface area (Å²) in [6.07, 6.45) is 5.10. The Kier molecular flexibility index (Phi) is 4.57. The van der Waals surface area contributed by atoms with E-state index >= 15 is 0 Å². The summed E-state index contributed by atoms with van der Waals surface area (Å²) < 4.78 is 5.96. The standard InChI is InChI=1S/C15H20ClNOS/c16-14-9-11(8-12-2-1-6-17-12)3-4-15(14)18-13-5-7-19-10-13/h3-4,9,12-13,17H,1-2,5-8,10H2. The van der Waals surface area contributed by atoms with E-state index in [2.05, 4.69) is 17.4 Å². The maximum Gasteiger partial charge on any atom is 0.138 e. The van der Waals surface area contributed by atoms with Gasteiger partial charge in [-0.2, -0.15) is 11.8 Å². The van der Waals surface area contributed by atoms with E-state index in [-0.39, 0.29) is 0 Å². The molecule has 2 atom stereocenters. The average Bonchev–Trinajstić information content (AvgIpc) is 3.05. The van der Waals surface area contributed by atoms with E-state index in [0.29, 0.717) is 12.1 Å². The molecule has 2 nitrogen and oxygen atoms in total. The van der Waals surface area contributed by atoms with Crippen LogP contribution in [0, 0.1) is 0 Å². The van der Waals surface area contributed by atoms with Crippen LogP contribution in [0.5, 0.6) is 5.75 Å². The summed E-state index contributed by atoms with van der Waals surface area (Å²) in [5.74, 6) is 3.13. The number of thioether (sulfide) groups is 1. The molecule has 4 heteroatoms. The van der Waals surface area contributed by atoms with Gasteiger partial charge in [0.15, 0.2) is 0 Å². The molecule has 19 heavy (non-hydrogen) atoms. The molecule has 0 bridgehead atoms. The summed E-state index contributed by atoms with van der Waals surface area (Å²) in [5.41, 5.74) is 1.30. The van der Waals surface area contributed by atoms with Gasteiger partial charge in [-0.1, -0.05) is 17.7 Å². The van der Waals surface area contributed by atoms with Gasteiger partial charge in [0.1, 0.15) is 11.9 Å². The minimum atomic E-state index is 0.338. The summed E-state index contributed by atoms with van der Waals surface area (Å²) in [4.78, 5) is 0. The highest BCUT2D eigenvalue weighted by Crippen LogP contribution is 2.30. The molecule has 2 aliphatic heterocycles. The van der Waals surface area contributed by atoms with Crippen molar-refractivity contribution in [3.63, 3.8) is 0 Å². The fourth-order valence-electron chi connectivity index (χ4n) is 2.77. The number of halogens is 1. The molecular formula is C15H20ClNOS. The van der Waals surface area contributed by atoms with Crippen LogP contribution in [0.15, 0.2) is 18.2 Å². The van der Waals surface area contributed by atoms with Crippen LogP contribution in [-0.2, 0) is 6.42 Å². The van der Waals surface area contributed by atoms with E-state index in [9.17, 15) is 0 Å². The number of hydrogen-bond acceptors (Lipinski definition) is 3. The molecule has 1 aromatic rings. The van der Waals surface area contributed by atoms with Crippen molar-refractivity contribution in [2.24, 2.45) is 0 Å². The van der Waals surface area contributed by atoms with Gasteiger partial charge in [-0.3, -0.25) is 0 Å². The Morgan fingerprint density at radius 2 is 2.32 bits per heavy atom. The summed E-state index contributed by atoms with van der Waals surface area (Å²) in [7, 11) is 0. The minimum absolute atomic E-state index is 0.338. The zero-order chi connectivity index (χ0) is 13.1. The molecule has 0 saturated carbocycles. The van der Waals surface area contributed by atoms with Gasteiger partial charge in [0, 0.05) is 11.8 Å². The Morgan fingerprint density at radius 1 is 1.37 bits per heavy atom. The third kappa shape index (κ3) is 3.59. The number of ether oxygens (including phenoxy) is 1. The first kappa shape index (κ1) is 13.6. The van der Waals surface area contributed by atoms with Crippen molar-refractivity contribution in [1.82, 2.24) is 5.32 Å². The molecule has 1 aromatic carbocycles. The molecule has 3 rings (SSSR count). The summed E-state index contributed by atoms with van der Waals surface area (Å²) >= 11 is 8.30. The van der Waals surface area contributed by atoms with Crippen molar-refractivity contribution in [3.05, 3.63) is 28.8 Å². The fraction of sp³-hybridized carbons (Fsp3) is 0.600. The van der Waals surface area contributed by atoms with Crippen molar-refractivity contribution in [2.45, 2.75) is 37.8 Å². The highest BCUT2D eigenvalue weighted by atomic mass is 35.5. The Labute approximate surface area is 124 Å². The average molecular weight is 298 g/mol. The molecule has 2 saturated heterocycles. The SMILES string of the molecule is Clc1cc(CC2CCCN2)ccc1OC1CCSC1. The molecule has 0 spiro atoms. The predicted molar refractivity (Wildman–Crippen MR) is 82.5 cm³/mol. The topological polar surface area (TPSA) is 21.3 Å². The van der Waals surface area contributed by atoms with Crippen LogP contribution in [-0.4, -0.2) is 30.2 Å². The van der Waals surface area contributed by atoms with Crippen LogP contribution in [0.1, 0.15) is 24.8 Å². The normalized spacial score (nSPS) is 26.8. The van der Waals surface area contributed by atoms with Crippen molar-refractivity contribution in [1.29, 1.82) is 0 Å². The van der Waals surface area contributed by atoms with Gasteiger partial charge < -0.3 is 10.1 Å². The van der Waals surface area contributed by atoms with Crippen molar-refractivity contribution < 1.29 is 4.74 Å². The molecule has 104 valence electrons. The monoisotopic (exact) mass is 297 g/mol. The van der Waals surface area contributed by atoms with Gasteiger partial charge in [-0.25, -0.2) is 0 Å². The third-order valence-electron chi connectivity index (χ3n) is 3.82. The molecule has 0 amide bonds. The van der Waals surface area contributed by atoms with Gasteiger partial charge in [0.2, 0.25) is 0 Å². The van der Waals surface area contributed by atoms with Crippen molar-refractivity contribution >= 4 is 23.4 Å². The molecule has 2 heterocycles. The first-order valence-corrected chi connectivity index (χ1v) is 8.61. The summed E-state index contributed by atoms with van der Waals surface area (Å²) in [6, 6.07) is 6.88. The van der Waals surface area contributed by atoms with Crippen LogP contribution < -0.4 is 10.1 Å². The van der Waals surface area contributed by atoms with E-state index in [4.69, 9.17) is 16.3 Å². The smallest absolute Gasteiger partial charge is 0.138 e.